The van der Waals surface area contributed by atoms with Crippen molar-refractivity contribution in [1.82, 2.24) is 19.2 Å². The summed E-state index contributed by atoms with van der Waals surface area (Å²) in [6, 6.07) is 36.7. The van der Waals surface area contributed by atoms with Crippen molar-refractivity contribution in [3.05, 3.63) is 142 Å². The quantitative estimate of drug-likeness (QED) is 0.0568. The van der Waals surface area contributed by atoms with Crippen molar-refractivity contribution in [1.29, 1.82) is 0 Å². The molecule has 4 heterocycles. The van der Waals surface area contributed by atoms with Crippen LogP contribution >= 0.6 is 36.8 Å². The summed E-state index contributed by atoms with van der Waals surface area (Å²) < 4.78 is 16.5. The predicted octanol–water partition coefficient (Wildman–Crippen LogP) is 6.03. The predicted molar refractivity (Wildman–Crippen MR) is 228 cm³/mol. The number of aromatic nitrogens is 4. The summed E-state index contributed by atoms with van der Waals surface area (Å²) in [6.45, 7) is 8.64. The van der Waals surface area contributed by atoms with Crippen molar-refractivity contribution in [3.63, 3.8) is 0 Å². The molecule has 0 aliphatic heterocycles. The summed E-state index contributed by atoms with van der Waals surface area (Å²) in [7, 11) is -3.15. The maximum absolute atomic E-state index is 8.87. The van der Waals surface area contributed by atoms with Gasteiger partial charge in [0.25, 0.3) is 0 Å². The third-order valence-corrected chi connectivity index (χ3v) is 9.71. The molecule has 0 aliphatic carbocycles. The Bertz CT molecular complexity index is 2760. The fraction of sp³-hybridized carbons (Fsp3) is 0.122. The van der Waals surface area contributed by atoms with Crippen LogP contribution in [0.2, 0.25) is 0 Å². The zero-order valence-corrected chi connectivity index (χ0v) is 44.9. The second-order valence-corrected chi connectivity index (χ2v) is 13.7. The van der Waals surface area contributed by atoms with Gasteiger partial charge in [-0.1, -0.05) is 102 Å². The first kappa shape index (κ1) is 47.9. The van der Waals surface area contributed by atoms with Gasteiger partial charge in [-0.05, 0) is 94.0 Å². The molecule has 5 aromatic carbocycles. The fourth-order valence-electron chi connectivity index (χ4n) is 6.91. The van der Waals surface area contributed by atoms with Gasteiger partial charge in [-0.25, -0.2) is 13.7 Å². The van der Waals surface area contributed by atoms with Crippen LogP contribution in [0.1, 0.15) is 22.3 Å². The van der Waals surface area contributed by atoms with Crippen molar-refractivity contribution >= 4 is 154 Å². The first-order valence-electron chi connectivity index (χ1n) is 17.4. The molecule has 0 saturated carbocycles. The van der Waals surface area contributed by atoms with E-state index < -0.39 is 8.25 Å². The summed E-state index contributed by atoms with van der Waals surface area (Å²) >= 11 is 9.64. The van der Waals surface area contributed by atoms with E-state index in [4.69, 9.17) is 19.8 Å². The third-order valence-electron chi connectivity index (χ3n) is 9.01. The number of hydrogen-bond donors (Lipinski definition) is 1. The topological polar surface area (TPSA) is 107 Å². The molecule has 0 bridgehead atoms. The summed E-state index contributed by atoms with van der Waals surface area (Å²) in [4.78, 5) is 8.87. The van der Waals surface area contributed by atoms with Gasteiger partial charge in [-0.2, -0.15) is 22.8 Å². The Morgan fingerprint density at radius 2 is 1.09 bits per heavy atom. The molecule has 9 rings (SSSR count). The third kappa shape index (κ3) is 10.6. The van der Waals surface area contributed by atoms with Crippen LogP contribution < -0.4 is 61.5 Å². The molecule has 9 aromatic rings. The Morgan fingerprint density at radius 1 is 0.655 bits per heavy atom. The van der Waals surface area contributed by atoms with Gasteiger partial charge < -0.3 is 10.2 Å². The molecule has 1 atom stereocenters. The number of fused-ring (bicyclic) bond motifs is 12. The SMILES string of the molecule is CS.Cc1ccc2c(c1)c1ccccc1n1ncc(-c3c(C)cccc3C)c21.Cc1ccc2c(c1)c1ccccc1n1ncc(Br)c21.O=[P+]([O-])O[O-].[K+].[K][K]. The van der Waals surface area contributed by atoms with E-state index in [0.717, 1.165) is 21.0 Å². The standard InChI is InChI=1S/C24H20N2.C16H11BrN2.CH4S.3K.HO4P/c1-15-11-12-19-20(13-15)18-9-4-5-10-22(18)26-24(19)21(14-25-26)23-16(2)7-6-8-17(23)3;1-10-6-7-12-13(8-10)11-4-2-3-5-15(11)19-16(12)14(17)9-18-19;1-2;;;;1-4-5(2)3/h4-14H,1-3H3;2-9H,1H3;2H,1H3;;;;1H/q;;;;;+1;/p-1. The number of nitrogens with zero attached hydrogens (tertiary/aromatic N) is 4. The molecule has 55 heavy (non-hydrogen) atoms. The molecule has 0 aliphatic rings. The van der Waals surface area contributed by atoms with Gasteiger partial charge >= 0.3 is 123 Å². The normalized spacial score (nSPS) is 10.8. The van der Waals surface area contributed by atoms with Crippen molar-refractivity contribution in [3.8, 4) is 11.1 Å². The first-order valence-corrected chi connectivity index (χ1v) is 36.1. The van der Waals surface area contributed by atoms with Crippen molar-refractivity contribution < 1.29 is 70.8 Å². The first-order chi connectivity index (χ1) is 26.2. The van der Waals surface area contributed by atoms with E-state index in [-0.39, 0.29) is 51.4 Å². The van der Waals surface area contributed by atoms with Crippen LogP contribution in [0.15, 0.2) is 120 Å². The van der Waals surface area contributed by atoms with Gasteiger partial charge in [0.2, 0.25) is 0 Å². The monoisotopic (exact) mass is 906 g/mol. The molecule has 264 valence electrons. The van der Waals surface area contributed by atoms with E-state index in [1.54, 1.807) is 6.26 Å². The van der Waals surface area contributed by atoms with Crippen LogP contribution in [0.3, 0.4) is 0 Å². The molecule has 0 N–H and O–H groups in total. The number of para-hydroxylation sites is 2. The average Bonchev–Trinajstić information content (AvgIpc) is 3.81. The number of pyridine rings is 2. The summed E-state index contributed by atoms with van der Waals surface area (Å²) in [5, 5.41) is 25.4. The summed E-state index contributed by atoms with van der Waals surface area (Å²) in [6.07, 6.45) is 5.58. The summed E-state index contributed by atoms with van der Waals surface area (Å²) in [5.41, 5.74) is 12.2. The number of benzene rings is 5. The Balaban J connectivity index is 0.000000205. The maximum atomic E-state index is 8.87. The van der Waals surface area contributed by atoms with E-state index in [0.29, 0.717) is 0 Å². The van der Waals surface area contributed by atoms with Crippen LogP contribution in [0.5, 0.6) is 0 Å². The van der Waals surface area contributed by atoms with Gasteiger partial charge in [0.05, 0.1) is 38.9 Å². The molecular formula is C41H35BrK3N4O4PS. The molecule has 0 saturated heterocycles. The van der Waals surface area contributed by atoms with Gasteiger partial charge in [-0.15, -0.1) is 0 Å². The molecule has 0 fully saturated rings. The average molecular weight is 908 g/mol. The minimum atomic E-state index is -3.15. The van der Waals surface area contributed by atoms with Gasteiger partial charge in [0.15, 0.2) is 0 Å². The molecule has 1 unspecified atom stereocenters. The van der Waals surface area contributed by atoms with E-state index in [2.05, 4.69) is 174 Å². The Kier molecular flexibility index (Phi) is 19.8. The Hall–Kier alpha value is 0.239. The van der Waals surface area contributed by atoms with Crippen molar-refractivity contribution in [2.75, 3.05) is 6.26 Å². The Labute approximate surface area is 422 Å². The second-order valence-electron chi connectivity index (χ2n) is 12.3. The molecule has 8 nitrogen and oxygen atoms in total. The van der Waals surface area contributed by atoms with Gasteiger partial charge in [-0.3, -0.25) is 0 Å². The van der Waals surface area contributed by atoms with Crippen molar-refractivity contribution in [2.24, 2.45) is 0 Å². The molecular weight excluding hydrogens is 873 g/mol. The number of rotatable bonds is 2. The van der Waals surface area contributed by atoms with Crippen LogP contribution in [0, 0.1) is 27.7 Å². The zero-order valence-electron chi connectivity index (χ0n) is 32.2. The molecule has 0 spiro atoms. The molecule has 0 amide bonds. The van der Waals surface area contributed by atoms with E-state index in [1.807, 2.05) is 16.9 Å². The number of thiol groups is 1. The van der Waals surface area contributed by atoms with E-state index in [9.17, 15) is 0 Å². The number of hydrogen-bond acceptors (Lipinski definition) is 7. The molecule has 0 radical (unpaired) electrons. The van der Waals surface area contributed by atoms with E-state index in [1.165, 1.54) is 134 Å². The minimum absolute atomic E-state index is 0. The Morgan fingerprint density at radius 3 is 1.58 bits per heavy atom. The van der Waals surface area contributed by atoms with Crippen LogP contribution in [0.4, 0.5) is 0 Å². The van der Waals surface area contributed by atoms with Gasteiger partial charge in [0, 0.05) is 27.1 Å². The van der Waals surface area contributed by atoms with Gasteiger partial charge in [0.1, 0.15) is 0 Å². The molecule has 4 aromatic heterocycles. The fourth-order valence-corrected chi connectivity index (χ4v) is 7.39. The van der Waals surface area contributed by atoms with Crippen LogP contribution in [-0.4, -0.2) is 88.6 Å². The number of halogens is 1. The molecule has 14 heteroatoms. The zero-order chi connectivity index (χ0) is 39.1. The summed E-state index contributed by atoms with van der Waals surface area (Å²) in [5.74, 6) is 0. The number of aryl methyl sites for hydroxylation is 4. The van der Waals surface area contributed by atoms with Crippen LogP contribution in [0.25, 0.3) is 65.5 Å². The second kappa shape index (κ2) is 22.7. The van der Waals surface area contributed by atoms with E-state index >= 15 is 0 Å². The van der Waals surface area contributed by atoms with Crippen LogP contribution in [-0.2, 0) is 9.24 Å². The van der Waals surface area contributed by atoms with Crippen molar-refractivity contribution in [2.45, 2.75) is 27.7 Å².